The van der Waals surface area contributed by atoms with Gasteiger partial charge in [0, 0.05) is 23.9 Å². The van der Waals surface area contributed by atoms with Crippen LogP contribution in [0.4, 0.5) is 0 Å². The first-order valence-electron chi connectivity index (χ1n) is 7.46. The molecule has 0 unspecified atom stereocenters. The molecule has 0 bridgehead atoms. The molecule has 2 rings (SSSR count). The number of thiazole rings is 1. The van der Waals surface area contributed by atoms with E-state index in [1.54, 1.807) is 23.5 Å². The molecule has 1 heterocycles. The van der Waals surface area contributed by atoms with E-state index in [-0.39, 0.29) is 5.91 Å². The fourth-order valence-corrected chi connectivity index (χ4v) is 2.54. The third-order valence-corrected chi connectivity index (χ3v) is 3.86. The predicted molar refractivity (Wildman–Crippen MR) is 89.7 cm³/mol. The number of aromatic nitrogens is 1. The van der Waals surface area contributed by atoms with E-state index >= 15 is 0 Å². The molecule has 0 aliphatic heterocycles. The first kappa shape index (κ1) is 16.5. The molecule has 1 N–H and O–H groups in total. The maximum Gasteiger partial charge on any atom is 0.251 e. The maximum absolute atomic E-state index is 12.0. The van der Waals surface area contributed by atoms with E-state index in [4.69, 9.17) is 4.74 Å². The van der Waals surface area contributed by atoms with Crippen LogP contribution in [0.25, 0.3) is 0 Å². The Morgan fingerprint density at radius 2 is 2.05 bits per heavy atom. The quantitative estimate of drug-likeness (QED) is 0.850. The van der Waals surface area contributed by atoms with Gasteiger partial charge in [-0.15, -0.1) is 11.3 Å². The highest BCUT2D eigenvalue weighted by molar-refractivity contribution is 7.09. The lowest BCUT2D eigenvalue weighted by Gasteiger charge is -2.09. The second-order valence-electron chi connectivity index (χ2n) is 5.59. The molecular weight excluding hydrogens is 296 g/mol. The van der Waals surface area contributed by atoms with Crippen molar-refractivity contribution in [3.8, 4) is 5.75 Å². The monoisotopic (exact) mass is 318 g/mol. The summed E-state index contributed by atoms with van der Waals surface area (Å²) < 4.78 is 5.60. The SMILES string of the molecule is Cc1nc(CCNC(=O)c2ccc(OCC(C)C)cc2)cs1. The molecule has 0 aliphatic carbocycles. The highest BCUT2D eigenvalue weighted by Gasteiger charge is 2.06. The van der Waals surface area contributed by atoms with Crippen molar-refractivity contribution in [2.24, 2.45) is 5.92 Å². The third-order valence-electron chi connectivity index (χ3n) is 3.03. The second-order valence-corrected chi connectivity index (χ2v) is 6.66. The summed E-state index contributed by atoms with van der Waals surface area (Å²) in [6, 6.07) is 7.25. The van der Waals surface area contributed by atoms with Gasteiger partial charge in [-0.1, -0.05) is 13.8 Å². The van der Waals surface area contributed by atoms with Gasteiger partial charge >= 0.3 is 0 Å². The Morgan fingerprint density at radius 1 is 1.32 bits per heavy atom. The fourth-order valence-electron chi connectivity index (χ4n) is 1.89. The maximum atomic E-state index is 12.0. The molecule has 0 fully saturated rings. The molecule has 0 aliphatic rings. The van der Waals surface area contributed by atoms with Gasteiger partial charge in [0.2, 0.25) is 0 Å². The number of carbonyl (C=O) groups excluding carboxylic acids is 1. The minimum absolute atomic E-state index is 0.0673. The van der Waals surface area contributed by atoms with E-state index < -0.39 is 0 Å². The molecule has 0 saturated carbocycles. The van der Waals surface area contributed by atoms with Gasteiger partial charge in [-0.05, 0) is 37.1 Å². The van der Waals surface area contributed by atoms with Crippen molar-refractivity contribution in [2.45, 2.75) is 27.2 Å². The van der Waals surface area contributed by atoms with Gasteiger partial charge in [0.25, 0.3) is 5.91 Å². The molecule has 2 aromatic rings. The first-order valence-corrected chi connectivity index (χ1v) is 8.34. The van der Waals surface area contributed by atoms with Crippen LogP contribution < -0.4 is 10.1 Å². The molecular formula is C17H22N2O2S. The molecule has 1 aromatic carbocycles. The molecule has 1 amide bonds. The number of amides is 1. The van der Waals surface area contributed by atoms with E-state index in [0.717, 1.165) is 22.9 Å². The summed E-state index contributed by atoms with van der Waals surface area (Å²) in [5.74, 6) is 1.21. The minimum Gasteiger partial charge on any atom is -0.493 e. The van der Waals surface area contributed by atoms with E-state index in [1.165, 1.54) is 0 Å². The summed E-state index contributed by atoms with van der Waals surface area (Å²) in [5.41, 5.74) is 1.67. The summed E-state index contributed by atoms with van der Waals surface area (Å²) in [5, 5.41) is 6.00. The van der Waals surface area contributed by atoms with Gasteiger partial charge in [0.15, 0.2) is 0 Å². The van der Waals surface area contributed by atoms with Crippen LogP contribution in [0.2, 0.25) is 0 Å². The summed E-state index contributed by atoms with van der Waals surface area (Å²) in [7, 11) is 0. The lowest BCUT2D eigenvalue weighted by molar-refractivity contribution is 0.0954. The standard InChI is InChI=1S/C17H22N2O2S/c1-12(2)10-21-16-6-4-14(5-7-16)17(20)18-9-8-15-11-22-13(3)19-15/h4-7,11-12H,8-10H2,1-3H3,(H,18,20). The Hall–Kier alpha value is -1.88. The van der Waals surface area contributed by atoms with Crippen molar-refractivity contribution >= 4 is 17.2 Å². The summed E-state index contributed by atoms with van der Waals surface area (Å²) in [4.78, 5) is 16.4. The molecule has 1 aromatic heterocycles. The highest BCUT2D eigenvalue weighted by Crippen LogP contribution is 2.13. The zero-order valence-corrected chi connectivity index (χ0v) is 14.1. The predicted octanol–water partition coefficient (Wildman–Crippen LogP) is 3.46. The van der Waals surface area contributed by atoms with Crippen LogP contribution in [-0.4, -0.2) is 24.0 Å². The number of nitrogens with zero attached hydrogens (tertiary/aromatic N) is 1. The van der Waals surface area contributed by atoms with E-state index in [0.29, 0.717) is 24.6 Å². The Labute approximate surface area is 135 Å². The average Bonchev–Trinajstić information content (AvgIpc) is 2.91. The molecule has 0 radical (unpaired) electrons. The summed E-state index contributed by atoms with van der Waals surface area (Å²) >= 11 is 1.63. The zero-order chi connectivity index (χ0) is 15.9. The number of nitrogens with one attached hydrogen (secondary N) is 1. The molecule has 0 spiro atoms. The Balaban J connectivity index is 1.79. The molecule has 0 atom stereocenters. The van der Waals surface area contributed by atoms with Gasteiger partial charge in [0.05, 0.1) is 17.3 Å². The third kappa shape index (κ3) is 5.15. The van der Waals surface area contributed by atoms with Crippen LogP contribution in [0, 0.1) is 12.8 Å². The van der Waals surface area contributed by atoms with Crippen LogP contribution in [-0.2, 0) is 6.42 Å². The average molecular weight is 318 g/mol. The Kier molecular flexibility index (Phi) is 5.95. The van der Waals surface area contributed by atoms with Crippen LogP contribution in [0.5, 0.6) is 5.75 Å². The number of aryl methyl sites for hydroxylation is 1. The van der Waals surface area contributed by atoms with Crippen molar-refractivity contribution in [2.75, 3.05) is 13.2 Å². The van der Waals surface area contributed by atoms with E-state index in [2.05, 4.69) is 24.1 Å². The number of ether oxygens (including phenoxy) is 1. The molecule has 22 heavy (non-hydrogen) atoms. The van der Waals surface area contributed by atoms with Crippen molar-refractivity contribution in [3.63, 3.8) is 0 Å². The van der Waals surface area contributed by atoms with Gasteiger partial charge in [-0.25, -0.2) is 4.98 Å². The van der Waals surface area contributed by atoms with E-state index in [9.17, 15) is 4.79 Å². The zero-order valence-electron chi connectivity index (χ0n) is 13.3. The Morgan fingerprint density at radius 3 is 2.64 bits per heavy atom. The van der Waals surface area contributed by atoms with Crippen LogP contribution in [0.1, 0.15) is 34.9 Å². The molecule has 5 heteroatoms. The van der Waals surface area contributed by atoms with Gasteiger partial charge in [0.1, 0.15) is 5.75 Å². The Bertz CT molecular complexity index is 605. The number of hydrogen-bond donors (Lipinski definition) is 1. The summed E-state index contributed by atoms with van der Waals surface area (Å²) in [6.45, 7) is 7.46. The van der Waals surface area contributed by atoms with E-state index in [1.807, 2.05) is 24.4 Å². The normalized spacial score (nSPS) is 10.7. The number of hydrogen-bond acceptors (Lipinski definition) is 4. The van der Waals surface area contributed by atoms with Crippen molar-refractivity contribution in [1.82, 2.24) is 10.3 Å². The summed E-state index contributed by atoms with van der Waals surface area (Å²) in [6.07, 6.45) is 0.756. The minimum atomic E-state index is -0.0673. The van der Waals surface area contributed by atoms with Crippen LogP contribution in [0.15, 0.2) is 29.6 Å². The van der Waals surface area contributed by atoms with Gasteiger partial charge in [-0.3, -0.25) is 4.79 Å². The molecule has 0 saturated heterocycles. The first-order chi connectivity index (χ1) is 10.5. The highest BCUT2D eigenvalue weighted by atomic mass is 32.1. The number of benzene rings is 1. The largest absolute Gasteiger partial charge is 0.493 e. The van der Waals surface area contributed by atoms with Crippen molar-refractivity contribution < 1.29 is 9.53 Å². The van der Waals surface area contributed by atoms with Gasteiger partial charge in [-0.2, -0.15) is 0 Å². The van der Waals surface area contributed by atoms with Crippen LogP contribution in [0.3, 0.4) is 0 Å². The topological polar surface area (TPSA) is 51.2 Å². The van der Waals surface area contributed by atoms with Crippen molar-refractivity contribution in [3.05, 3.63) is 45.9 Å². The smallest absolute Gasteiger partial charge is 0.251 e. The van der Waals surface area contributed by atoms with Crippen molar-refractivity contribution in [1.29, 1.82) is 0 Å². The van der Waals surface area contributed by atoms with Crippen LogP contribution >= 0.6 is 11.3 Å². The number of carbonyl (C=O) groups is 1. The lowest BCUT2D eigenvalue weighted by Crippen LogP contribution is -2.25. The molecule has 4 nitrogen and oxygen atoms in total. The van der Waals surface area contributed by atoms with Gasteiger partial charge < -0.3 is 10.1 Å². The second kappa shape index (κ2) is 7.94. The lowest BCUT2D eigenvalue weighted by atomic mass is 10.2. The fraction of sp³-hybridized carbons (Fsp3) is 0.412. The number of rotatable bonds is 7. The molecule has 118 valence electrons.